The lowest BCUT2D eigenvalue weighted by atomic mass is 9.90. The van der Waals surface area contributed by atoms with E-state index in [-0.39, 0.29) is 142 Å². The fourth-order valence-corrected chi connectivity index (χ4v) is 19.2. The van der Waals surface area contributed by atoms with Gasteiger partial charge in [-0.05, 0) is 195 Å². The topological polar surface area (TPSA) is 318 Å². The molecule has 8 aromatic rings. The smallest absolute Gasteiger partial charge is 0.326 e. The normalized spacial score (nSPS) is 18.9. The molecule has 8 amide bonds. The number of allylic oxidation sites excluding steroid dienone is 4. The maximum Gasteiger partial charge on any atom is 0.416 e. The van der Waals surface area contributed by atoms with Crippen molar-refractivity contribution in [2.75, 3.05) is 52.8 Å². The molecule has 0 radical (unpaired) electrons. The second-order valence-electron chi connectivity index (χ2n) is 31.5. The summed E-state index contributed by atoms with van der Waals surface area (Å²) in [6.07, 6.45) is -11.3. The molecule has 0 fully saturated rings. The number of sulfone groups is 1. The summed E-state index contributed by atoms with van der Waals surface area (Å²) in [4.78, 5) is 114. The largest absolute Gasteiger partial charge is 0.416 e. The summed E-state index contributed by atoms with van der Waals surface area (Å²) in [6, 6.07) is 40.2. The first-order valence-electron chi connectivity index (χ1n) is 40.4. The highest BCUT2D eigenvalue weighted by Crippen LogP contribution is 2.52. The average Bonchev–Trinajstić information content (AvgIpc) is 1.45. The van der Waals surface area contributed by atoms with E-state index in [9.17, 15) is 105 Å². The summed E-state index contributed by atoms with van der Waals surface area (Å²) in [5, 5.41) is 39.4. The molecule has 23 nitrogen and oxygen atoms in total. The van der Waals surface area contributed by atoms with Gasteiger partial charge in [-0.1, -0.05) is 67.9 Å². The molecule has 36 heteroatoms. The first kappa shape index (κ1) is 93.4. The fraction of sp³-hybridized carbons (Fsp3) is 0.277. The van der Waals surface area contributed by atoms with Gasteiger partial charge in [0, 0.05) is 114 Å². The zero-order chi connectivity index (χ0) is 94.4. The average molecular weight is 1820 g/mol. The number of ketones is 4. The lowest BCUT2D eigenvalue weighted by Gasteiger charge is -2.42. The highest BCUT2D eigenvalue weighted by molar-refractivity contribution is 7.90. The fourth-order valence-electron chi connectivity index (χ4n) is 17.4. The van der Waals surface area contributed by atoms with Gasteiger partial charge in [-0.15, -0.1) is 0 Å². The number of nitriles is 4. The number of halogens is 11. The van der Waals surface area contributed by atoms with E-state index in [4.69, 9.17) is 15.8 Å². The van der Waals surface area contributed by atoms with Crippen LogP contribution >= 0.6 is 0 Å². The van der Waals surface area contributed by atoms with Crippen molar-refractivity contribution >= 4 is 90.6 Å². The van der Waals surface area contributed by atoms with E-state index >= 15 is 0 Å². The number of likely N-dealkylation sites (N-methyl/N-ethyl adjacent to an activating group) is 2. The molecular weight excluding hydrogens is 1750 g/mol. The number of rotatable bonds is 14. The Hall–Kier alpha value is -14.2. The van der Waals surface area contributed by atoms with Crippen LogP contribution in [-0.4, -0.2) is 108 Å². The van der Waals surface area contributed by atoms with Gasteiger partial charge in [0.05, 0.1) is 126 Å². The number of alkyl halides is 11. The second kappa shape index (κ2) is 36.9. The summed E-state index contributed by atoms with van der Waals surface area (Å²) in [6.45, 7) is 5.67. The lowest BCUT2D eigenvalue weighted by molar-refractivity contribution is -0.138. The maximum atomic E-state index is 13.9. The molecule has 1 N–H and O–H groups in total. The van der Waals surface area contributed by atoms with Gasteiger partial charge in [0.15, 0.2) is 33.0 Å². The molecule has 0 saturated carbocycles. The number of carbonyl (C=O) groups is 8. The van der Waals surface area contributed by atoms with E-state index in [1.807, 2.05) is 26.0 Å². The summed E-state index contributed by atoms with van der Waals surface area (Å²) in [5.74, 6) is -0.762. The van der Waals surface area contributed by atoms with Crippen LogP contribution in [0.3, 0.4) is 0 Å². The molecule has 4 aliphatic heterocycles. The van der Waals surface area contributed by atoms with Gasteiger partial charge in [-0.3, -0.25) is 43.0 Å². The first-order chi connectivity index (χ1) is 61.4. The molecule has 130 heavy (non-hydrogen) atoms. The SMILES string of the molecule is CCCCN1C(=O)N(c2cccc(C(F)(F)F)c2)C2=C(C(=O)CC2)C1c1ccc(C#N)cc1S(C)(=O)=O.CS(=O)c1cc(C#N)ccc1C1NC(=O)N(c2cccc(C(F)(F)F)c2)C2=C1C(=O)CC2.Cc1cc(C#N)ccc1C1C2=C(CCC2=O)N(c2cccc(C(F)(F)F)c2)C(=O)N1C.Cc1cc(C#N)ccc1C1C2=C(CCC2=O)N(c2cccc(C(F)F)c2)C(=O)N1C. The Morgan fingerprint density at radius 3 is 1.18 bits per heavy atom. The van der Waals surface area contributed by atoms with Crippen molar-refractivity contribution in [3.05, 3.63) is 293 Å². The van der Waals surface area contributed by atoms with Crippen molar-refractivity contribution in [1.82, 2.24) is 20.0 Å². The van der Waals surface area contributed by atoms with Crippen molar-refractivity contribution in [2.24, 2.45) is 0 Å². The third kappa shape index (κ3) is 18.2. The molecule has 4 aliphatic carbocycles. The second-order valence-corrected chi connectivity index (χ2v) is 34.9. The Morgan fingerprint density at radius 1 is 0.446 bits per heavy atom. The molecule has 4 heterocycles. The number of hydrogen-bond acceptors (Lipinski definition) is 15. The van der Waals surface area contributed by atoms with Gasteiger partial charge in [0.1, 0.15) is 0 Å². The molecule has 5 unspecified atom stereocenters. The highest BCUT2D eigenvalue weighted by Gasteiger charge is 2.51. The van der Waals surface area contributed by atoms with Crippen LogP contribution in [0.5, 0.6) is 0 Å². The van der Waals surface area contributed by atoms with Gasteiger partial charge in [-0.25, -0.2) is 36.4 Å². The highest BCUT2D eigenvalue weighted by atomic mass is 32.2. The van der Waals surface area contributed by atoms with Gasteiger partial charge in [0.2, 0.25) is 0 Å². The third-order valence-corrected chi connectivity index (χ3v) is 25.5. The summed E-state index contributed by atoms with van der Waals surface area (Å²) in [7, 11) is -2.26. The lowest BCUT2D eigenvalue weighted by Crippen LogP contribution is -2.50. The van der Waals surface area contributed by atoms with Gasteiger partial charge < -0.3 is 20.0 Å². The van der Waals surface area contributed by atoms with Crippen LogP contribution in [0.2, 0.25) is 0 Å². The standard InChI is InChI=1S/C26H24F3N3O4S.C23H18F3N3O2.C23H19F2N3O2.C22H16F3N3O3S/c1-3-4-12-31-24(19-9-8-16(15-30)13-22(19)37(2,35)36)23-20(10-11-21(23)33)32(25(31)34)18-7-5-6-17(14-18)26(27,28)29;1-13-10-14(12-27)6-7-17(13)21-20-18(8-9-19(20)30)29(22(31)28(21)2)16-5-3-4-15(11-16)23(24,25)26;1-13-10-14(12-26)6-7-17(13)21-20-18(8-9-19(20)29)28(23(30)27(21)2)16-5-3-4-15(11-16)22(24)25;1-32(31)18-9-12(11-26)5-6-15(18)20-19-16(7-8-17(19)29)28(21(30)27-20)14-4-2-3-13(10-14)22(23,24)25/h5-9,13-14,24H,3-4,10-12H2,1-2H3;3-7,10-11,21H,8-9H2,1-2H3;3-7,10-11,21-22H,8-9H2,1-2H3;2-6,9-10,20H,7-8H2,1H3,(H,27,30). The molecule has 5 atom stereocenters. The number of Topliss-reactive ketones (excluding diaryl/α,β-unsaturated/α-hetero) is 4. The first-order valence-corrected chi connectivity index (χ1v) is 43.8. The predicted octanol–water partition coefficient (Wildman–Crippen LogP) is 19.7. The number of hydrogen-bond donors (Lipinski definition) is 1. The van der Waals surface area contributed by atoms with E-state index in [2.05, 4.69) is 17.5 Å². The van der Waals surface area contributed by atoms with Crippen molar-refractivity contribution < 1.29 is 99.3 Å². The van der Waals surface area contributed by atoms with Crippen LogP contribution in [0.25, 0.3) is 0 Å². The van der Waals surface area contributed by atoms with Crippen LogP contribution in [-0.2, 0) is 58.3 Å². The Labute approximate surface area is 740 Å². The molecule has 0 saturated heterocycles. The number of anilines is 4. The number of carbonyl (C=O) groups excluding carboxylic acids is 8. The number of amides is 8. The van der Waals surface area contributed by atoms with E-state index < -0.39 is 105 Å². The molecular formula is C94H77F11N12O11S2. The number of unbranched alkanes of at least 4 members (excludes halogenated alkanes) is 1. The van der Waals surface area contributed by atoms with Crippen molar-refractivity contribution in [3.63, 3.8) is 0 Å². The van der Waals surface area contributed by atoms with Crippen molar-refractivity contribution in [3.8, 4) is 24.3 Å². The minimum atomic E-state index is -4.63. The molecule has 16 rings (SSSR count). The Morgan fingerprint density at radius 2 is 0.800 bits per heavy atom. The van der Waals surface area contributed by atoms with Gasteiger partial charge in [-0.2, -0.15) is 60.6 Å². The van der Waals surface area contributed by atoms with Crippen LogP contribution in [0.4, 0.5) is 90.2 Å². The molecule has 8 aromatic carbocycles. The number of urea groups is 4. The third-order valence-electron chi connectivity index (χ3n) is 23.4. The minimum absolute atomic E-state index is 0.00269. The number of aryl methyl sites for hydroxylation is 2. The minimum Gasteiger partial charge on any atom is -0.326 e. The number of nitrogens with one attached hydrogen (secondary N) is 1. The van der Waals surface area contributed by atoms with Crippen LogP contribution < -0.4 is 24.9 Å². The van der Waals surface area contributed by atoms with Gasteiger partial charge >= 0.3 is 42.7 Å². The Bertz CT molecular complexity index is 6570. The zero-order valence-electron chi connectivity index (χ0n) is 70.2. The predicted molar refractivity (Wildman–Crippen MR) is 453 cm³/mol. The van der Waals surface area contributed by atoms with Gasteiger partial charge in [0.25, 0.3) is 6.43 Å². The summed E-state index contributed by atoms with van der Waals surface area (Å²) in [5.41, 5.74) is 5.36. The Kier molecular flexibility index (Phi) is 26.5. The monoisotopic (exact) mass is 1820 g/mol. The zero-order valence-corrected chi connectivity index (χ0v) is 71.8. The quantitative estimate of drug-likeness (QED) is 0.0989. The van der Waals surface area contributed by atoms with E-state index in [1.165, 1.54) is 129 Å². The van der Waals surface area contributed by atoms with Crippen LogP contribution in [0.1, 0.15) is 180 Å². The number of nitrogens with zero attached hydrogens (tertiary/aromatic N) is 11. The molecule has 8 aliphatic rings. The van der Waals surface area contributed by atoms with Crippen molar-refractivity contribution in [2.45, 2.75) is 144 Å². The van der Waals surface area contributed by atoms with E-state index in [0.29, 0.717) is 80.3 Å². The van der Waals surface area contributed by atoms with E-state index in [1.54, 1.807) is 56.4 Å². The molecule has 0 aromatic heterocycles. The molecule has 668 valence electrons. The summed E-state index contributed by atoms with van der Waals surface area (Å²) >= 11 is 0. The van der Waals surface area contributed by atoms with Crippen molar-refractivity contribution in [1.29, 1.82) is 21.0 Å². The number of benzene rings is 8. The molecule has 0 bridgehead atoms. The van der Waals surface area contributed by atoms with Crippen LogP contribution in [0, 0.1) is 59.2 Å². The maximum absolute atomic E-state index is 13.9. The van der Waals surface area contributed by atoms with Crippen LogP contribution in [0.15, 0.2) is 225 Å². The summed E-state index contributed by atoms with van der Waals surface area (Å²) < 4.78 is 184. The Balaban J connectivity index is 0.000000148. The molecule has 0 spiro atoms. The van der Waals surface area contributed by atoms with E-state index in [0.717, 1.165) is 69.1 Å².